The number of benzene rings is 1. The molecule has 0 saturated carbocycles. The van der Waals surface area contributed by atoms with Crippen molar-refractivity contribution in [1.82, 2.24) is 5.32 Å². The summed E-state index contributed by atoms with van der Waals surface area (Å²) in [5.41, 5.74) is 0. The summed E-state index contributed by atoms with van der Waals surface area (Å²) in [5.74, 6) is -1.17. The first-order valence-corrected chi connectivity index (χ1v) is 5.04. The van der Waals surface area contributed by atoms with Gasteiger partial charge in [0.1, 0.15) is 18.1 Å². The predicted octanol–water partition coefficient (Wildman–Crippen LogP) is 2.27. The molecule has 1 atom stereocenters. The third kappa shape index (κ3) is 5.03. The first-order valence-electron chi connectivity index (χ1n) is 5.04. The molecule has 0 aromatic heterocycles. The van der Waals surface area contributed by atoms with Gasteiger partial charge in [-0.15, -0.1) is 0 Å². The molecular weight excluding hydrogens is 254 g/mol. The van der Waals surface area contributed by atoms with Crippen molar-refractivity contribution in [1.29, 1.82) is 0 Å². The maximum atomic E-state index is 12.6. The molecule has 100 valence electrons. The van der Waals surface area contributed by atoms with Gasteiger partial charge in [0.25, 0.3) is 5.91 Å². The van der Waals surface area contributed by atoms with Crippen molar-refractivity contribution in [2.24, 2.45) is 0 Å². The van der Waals surface area contributed by atoms with E-state index >= 15 is 0 Å². The zero-order valence-corrected chi connectivity index (χ0v) is 9.42. The van der Waals surface area contributed by atoms with Gasteiger partial charge in [0.05, 0.1) is 0 Å². The number of ether oxygens (including phenoxy) is 1. The fourth-order valence-corrected chi connectivity index (χ4v) is 1.10. The van der Waals surface area contributed by atoms with Crippen molar-refractivity contribution in [2.45, 2.75) is 19.2 Å². The number of amides is 1. The Kier molecular flexibility index (Phi) is 4.52. The second-order valence-corrected chi connectivity index (χ2v) is 3.55. The van der Waals surface area contributed by atoms with E-state index in [1.54, 1.807) is 5.32 Å². The minimum Gasteiger partial charge on any atom is -0.481 e. The van der Waals surface area contributed by atoms with E-state index in [4.69, 9.17) is 4.74 Å². The van der Waals surface area contributed by atoms with Crippen LogP contribution in [-0.2, 0) is 4.79 Å². The number of nitrogens with one attached hydrogen (secondary N) is 1. The Morgan fingerprint density at radius 3 is 2.39 bits per heavy atom. The van der Waals surface area contributed by atoms with Crippen LogP contribution in [0.4, 0.5) is 17.6 Å². The third-order valence-electron chi connectivity index (χ3n) is 1.96. The molecule has 1 unspecified atom stereocenters. The summed E-state index contributed by atoms with van der Waals surface area (Å²) in [5, 5.41) is 1.69. The van der Waals surface area contributed by atoms with E-state index in [0.717, 1.165) is 12.1 Å². The Morgan fingerprint density at radius 1 is 1.33 bits per heavy atom. The molecule has 0 fully saturated rings. The van der Waals surface area contributed by atoms with Gasteiger partial charge in [-0.1, -0.05) is 0 Å². The molecule has 1 aromatic carbocycles. The number of carbonyl (C=O) groups is 1. The second kappa shape index (κ2) is 5.70. The van der Waals surface area contributed by atoms with Crippen molar-refractivity contribution < 1.29 is 27.1 Å². The summed E-state index contributed by atoms with van der Waals surface area (Å²) >= 11 is 0. The monoisotopic (exact) mass is 265 g/mol. The lowest BCUT2D eigenvalue weighted by molar-refractivity contribution is -0.142. The standard InChI is InChI=1S/C11H11F4NO2/c1-7(10(17)16-6-11(13,14)15)18-9-4-2-8(12)3-5-9/h2-5,7H,6H2,1H3,(H,16,17). The smallest absolute Gasteiger partial charge is 0.405 e. The zero-order chi connectivity index (χ0) is 13.8. The molecule has 0 heterocycles. The minimum atomic E-state index is -4.47. The highest BCUT2D eigenvalue weighted by Gasteiger charge is 2.29. The van der Waals surface area contributed by atoms with Gasteiger partial charge in [0, 0.05) is 0 Å². The van der Waals surface area contributed by atoms with Crippen molar-refractivity contribution in [3.8, 4) is 5.75 Å². The Morgan fingerprint density at radius 2 is 1.89 bits per heavy atom. The summed E-state index contributed by atoms with van der Waals surface area (Å²) in [6.45, 7) is -0.113. The van der Waals surface area contributed by atoms with Crippen LogP contribution in [0.25, 0.3) is 0 Å². The molecule has 1 N–H and O–H groups in total. The largest absolute Gasteiger partial charge is 0.481 e. The molecule has 1 rings (SSSR count). The molecule has 0 bridgehead atoms. The van der Waals surface area contributed by atoms with E-state index in [-0.39, 0.29) is 5.75 Å². The van der Waals surface area contributed by atoms with Crippen molar-refractivity contribution in [3.05, 3.63) is 30.1 Å². The molecule has 0 radical (unpaired) electrons. The van der Waals surface area contributed by atoms with E-state index in [1.165, 1.54) is 19.1 Å². The molecule has 1 amide bonds. The van der Waals surface area contributed by atoms with Gasteiger partial charge in [-0.25, -0.2) is 4.39 Å². The fourth-order valence-electron chi connectivity index (χ4n) is 1.10. The van der Waals surface area contributed by atoms with Crippen LogP contribution in [0.2, 0.25) is 0 Å². The van der Waals surface area contributed by atoms with Gasteiger partial charge in [-0.3, -0.25) is 4.79 Å². The summed E-state index contributed by atoms with van der Waals surface area (Å²) in [7, 11) is 0. The van der Waals surface area contributed by atoms with E-state index < -0.39 is 30.5 Å². The van der Waals surface area contributed by atoms with Crippen molar-refractivity contribution >= 4 is 5.91 Å². The highest BCUT2D eigenvalue weighted by molar-refractivity contribution is 5.80. The van der Waals surface area contributed by atoms with E-state index in [9.17, 15) is 22.4 Å². The lowest BCUT2D eigenvalue weighted by Crippen LogP contribution is -2.41. The van der Waals surface area contributed by atoms with Crippen LogP contribution < -0.4 is 10.1 Å². The molecule has 7 heteroatoms. The Bertz CT molecular complexity index is 402. The molecule has 0 saturated heterocycles. The van der Waals surface area contributed by atoms with Crippen LogP contribution in [0, 0.1) is 5.82 Å². The van der Waals surface area contributed by atoms with Crippen molar-refractivity contribution in [2.75, 3.05) is 6.54 Å². The highest BCUT2D eigenvalue weighted by atomic mass is 19.4. The summed E-state index contributed by atoms with van der Waals surface area (Å²) in [6.07, 6.45) is -5.57. The van der Waals surface area contributed by atoms with Gasteiger partial charge < -0.3 is 10.1 Å². The predicted molar refractivity (Wildman–Crippen MR) is 55.6 cm³/mol. The van der Waals surface area contributed by atoms with Crippen molar-refractivity contribution in [3.63, 3.8) is 0 Å². The fraction of sp³-hybridized carbons (Fsp3) is 0.364. The number of hydrogen-bond acceptors (Lipinski definition) is 2. The van der Waals surface area contributed by atoms with Crippen LogP contribution in [-0.4, -0.2) is 24.7 Å². The molecule has 18 heavy (non-hydrogen) atoms. The Balaban J connectivity index is 2.47. The van der Waals surface area contributed by atoms with Crippen LogP contribution >= 0.6 is 0 Å². The average Bonchev–Trinajstić information content (AvgIpc) is 2.28. The molecule has 1 aromatic rings. The van der Waals surface area contributed by atoms with Crippen LogP contribution in [0.15, 0.2) is 24.3 Å². The molecule has 0 spiro atoms. The topological polar surface area (TPSA) is 38.3 Å². The summed E-state index contributed by atoms with van der Waals surface area (Å²) in [4.78, 5) is 11.3. The lowest BCUT2D eigenvalue weighted by Gasteiger charge is -2.15. The number of alkyl halides is 3. The van der Waals surface area contributed by atoms with Gasteiger partial charge in [0.15, 0.2) is 6.10 Å². The zero-order valence-electron chi connectivity index (χ0n) is 9.42. The number of rotatable bonds is 4. The number of hydrogen-bond donors (Lipinski definition) is 1. The first kappa shape index (κ1) is 14.3. The van der Waals surface area contributed by atoms with E-state index in [1.807, 2.05) is 0 Å². The third-order valence-corrected chi connectivity index (χ3v) is 1.96. The summed E-state index contributed by atoms with van der Waals surface area (Å²) in [6, 6.07) is 4.80. The maximum absolute atomic E-state index is 12.6. The van der Waals surface area contributed by atoms with E-state index in [0.29, 0.717) is 0 Å². The van der Waals surface area contributed by atoms with Gasteiger partial charge in [0.2, 0.25) is 0 Å². The van der Waals surface area contributed by atoms with E-state index in [2.05, 4.69) is 0 Å². The molecule has 0 aliphatic heterocycles. The van der Waals surface area contributed by atoms with Gasteiger partial charge in [-0.2, -0.15) is 13.2 Å². The van der Waals surface area contributed by atoms with Gasteiger partial charge >= 0.3 is 6.18 Å². The van der Waals surface area contributed by atoms with Crippen LogP contribution in [0.1, 0.15) is 6.92 Å². The maximum Gasteiger partial charge on any atom is 0.405 e. The molecule has 0 aliphatic rings. The van der Waals surface area contributed by atoms with Gasteiger partial charge in [-0.05, 0) is 31.2 Å². The second-order valence-electron chi connectivity index (χ2n) is 3.55. The molecular formula is C11H11F4NO2. The molecule has 3 nitrogen and oxygen atoms in total. The normalized spacial score (nSPS) is 12.9. The Labute approximate surface area is 101 Å². The average molecular weight is 265 g/mol. The minimum absolute atomic E-state index is 0.200. The Hall–Kier alpha value is -1.79. The molecule has 0 aliphatic carbocycles. The SMILES string of the molecule is CC(Oc1ccc(F)cc1)C(=O)NCC(F)(F)F. The van der Waals surface area contributed by atoms with Crippen LogP contribution in [0.3, 0.4) is 0 Å². The number of carbonyl (C=O) groups excluding carboxylic acids is 1. The lowest BCUT2D eigenvalue weighted by atomic mass is 10.3. The number of halogens is 4. The highest BCUT2D eigenvalue weighted by Crippen LogP contribution is 2.14. The summed E-state index contributed by atoms with van der Waals surface area (Å²) < 4.78 is 53.2. The quantitative estimate of drug-likeness (QED) is 0.848. The van der Waals surface area contributed by atoms with Crippen LogP contribution in [0.5, 0.6) is 5.75 Å². The first-order chi connectivity index (χ1) is 8.28.